The number of hydrogen-bond donors (Lipinski definition) is 2. The molecule has 2 heterocycles. The monoisotopic (exact) mass is 360 g/mol. The number of rotatable bonds is 5. The minimum absolute atomic E-state index is 0.0324. The van der Waals surface area contributed by atoms with Gasteiger partial charge in [0.2, 0.25) is 0 Å². The van der Waals surface area contributed by atoms with Crippen molar-refractivity contribution in [1.82, 2.24) is 9.88 Å². The molecule has 0 spiro atoms. The molecule has 0 aromatic carbocycles. The van der Waals surface area contributed by atoms with Gasteiger partial charge in [0, 0.05) is 62.6 Å². The van der Waals surface area contributed by atoms with Gasteiger partial charge in [-0.2, -0.15) is 0 Å². The van der Waals surface area contributed by atoms with Crippen LogP contribution in [0.25, 0.3) is 0 Å². The normalized spacial score (nSPS) is 30.2. The number of hydrogen-bond acceptors (Lipinski definition) is 6. The lowest BCUT2D eigenvalue weighted by Crippen LogP contribution is -2.62. The number of ketones is 1. The molecule has 1 saturated heterocycles. The highest BCUT2D eigenvalue weighted by atomic mass is 16.4. The molecule has 26 heavy (non-hydrogen) atoms. The Balaban J connectivity index is 1.64. The number of piperazine rings is 1. The number of anilines is 1. The topological polar surface area (TPSA) is 99.8 Å². The number of nitrogens with zero attached hydrogens (tertiary/aromatic N) is 3. The van der Waals surface area contributed by atoms with Gasteiger partial charge in [0.1, 0.15) is 11.3 Å². The zero-order chi connectivity index (χ0) is 18.7. The number of aromatic nitrogens is 1. The van der Waals surface area contributed by atoms with Gasteiger partial charge >= 0.3 is 5.97 Å². The summed E-state index contributed by atoms with van der Waals surface area (Å²) in [6, 6.07) is 4.26. The Labute approximate surface area is 154 Å². The molecule has 0 bridgehead atoms. The highest BCUT2D eigenvalue weighted by Gasteiger charge is 2.50. The van der Waals surface area contributed by atoms with E-state index in [0.717, 1.165) is 32.6 Å². The number of Topliss-reactive ketones (excluding diaryl/α,β-unsaturated/α-hetero) is 1. The Morgan fingerprint density at radius 1 is 1.27 bits per heavy atom. The fraction of sp³-hybridized carbons (Fsp3) is 0.632. The van der Waals surface area contributed by atoms with Crippen molar-refractivity contribution >= 4 is 17.4 Å². The summed E-state index contributed by atoms with van der Waals surface area (Å²) < 4.78 is 0. The van der Waals surface area contributed by atoms with Gasteiger partial charge in [0.05, 0.1) is 0 Å². The van der Waals surface area contributed by atoms with Gasteiger partial charge in [-0.15, -0.1) is 0 Å². The summed E-state index contributed by atoms with van der Waals surface area (Å²) in [5.74, 6) is -1.68. The van der Waals surface area contributed by atoms with E-state index in [-0.39, 0.29) is 11.8 Å². The first-order valence-electron chi connectivity index (χ1n) is 9.39. The molecule has 142 valence electrons. The maximum absolute atomic E-state index is 12.4. The first kappa shape index (κ1) is 18.8. The van der Waals surface area contributed by atoms with Crippen LogP contribution in [-0.4, -0.2) is 64.5 Å². The Morgan fingerprint density at radius 3 is 2.50 bits per heavy atom. The SMILES string of the molecule is CCC(=O)[C@H]1C[C@H](N2CCN(c3ccncc3)CC2)CC[C@@]1(N)C(=O)O. The molecule has 1 saturated carbocycles. The van der Waals surface area contributed by atoms with Crippen LogP contribution >= 0.6 is 0 Å². The van der Waals surface area contributed by atoms with Crippen molar-refractivity contribution in [3.63, 3.8) is 0 Å². The highest BCUT2D eigenvalue weighted by Crippen LogP contribution is 2.36. The summed E-state index contributed by atoms with van der Waals surface area (Å²) >= 11 is 0. The van der Waals surface area contributed by atoms with Crippen LogP contribution in [-0.2, 0) is 9.59 Å². The van der Waals surface area contributed by atoms with Crippen molar-refractivity contribution in [3.05, 3.63) is 24.5 Å². The molecule has 2 aliphatic rings. The minimum Gasteiger partial charge on any atom is -0.480 e. The van der Waals surface area contributed by atoms with E-state index >= 15 is 0 Å². The van der Waals surface area contributed by atoms with E-state index in [1.54, 1.807) is 19.3 Å². The Bertz CT molecular complexity index is 645. The van der Waals surface area contributed by atoms with Crippen molar-refractivity contribution in [2.45, 2.75) is 44.2 Å². The molecular weight excluding hydrogens is 332 g/mol. The van der Waals surface area contributed by atoms with Crippen molar-refractivity contribution in [1.29, 1.82) is 0 Å². The largest absolute Gasteiger partial charge is 0.480 e. The average molecular weight is 360 g/mol. The van der Waals surface area contributed by atoms with E-state index in [0.29, 0.717) is 19.3 Å². The fourth-order valence-corrected chi connectivity index (χ4v) is 4.33. The fourth-order valence-electron chi connectivity index (χ4n) is 4.33. The second-order valence-corrected chi connectivity index (χ2v) is 7.37. The van der Waals surface area contributed by atoms with Gasteiger partial charge in [0.15, 0.2) is 0 Å². The second-order valence-electron chi connectivity index (χ2n) is 7.37. The molecule has 3 rings (SSSR count). The van der Waals surface area contributed by atoms with Crippen LogP contribution in [0.1, 0.15) is 32.6 Å². The van der Waals surface area contributed by atoms with Crippen LogP contribution in [0.15, 0.2) is 24.5 Å². The number of carbonyl (C=O) groups excluding carboxylic acids is 1. The van der Waals surface area contributed by atoms with Crippen molar-refractivity contribution in [2.24, 2.45) is 11.7 Å². The molecule has 1 aromatic rings. The van der Waals surface area contributed by atoms with E-state index in [1.807, 2.05) is 12.1 Å². The zero-order valence-corrected chi connectivity index (χ0v) is 15.3. The number of aliphatic carboxylic acids is 1. The first-order valence-corrected chi connectivity index (χ1v) is 9.39. The molecule has 3 N–H and O–H groups in total. The van der Waals surface area contributed by atoms with Crippen LogP contribution in [0, 0.1) is 5.92 Å². The van der Waals surface area contributed by atoms with E-state index in [4.69, 9.17) is 5.73 Å². The van der Waals surface area contributed by atoms with Crippen LogP contribution in [0.4, 0.5) is 5.69 Å². The maximum Gasteiger partial charge on any atom is 0.324 e. The molecule has 7 nitrogen and oxygen atoms in total. The predicted octanol–water partition coefficient (Wildman–Crippen LogP) is 1.13. The number of carboxylic acids is 1. The third-order valence-corrected chi connectivity index (χ3v) is 6.01. The van der Waals surface area contributed by atoms with Gasteiger partial charge < -0.3 is 15.7 Å². The highest BCUT2D eigenvalue weighted by molar-refractivity contribution is 5.91. The van der Waals surface area contributed by atoms with Crippen molar-refractivity contribution < 1.29 is 14.7 Å². The Hall–Kier alpha value is -1.99. The van der Waals surface area contributed by atoms with E-state index in [2.05, 4.69) is 14.8 Å². The number of nitrogens with two attached hydrogens (primary N) is 1. The molecular formula is C19H28N4O3. The van der Waals surface area contributed by atoms with E-state index in [1.165, 1.54) is 5.69 Å². The standard InChI is InChI=1S/C19H28N4O3/c1-2-17(24)16-13-15(3-6-19(16,20)18(25)26)23-11-9-22(10-12-23)14-4-7-21-8-5-14/h4-5,7-8,15-16H,2-3,6,9-13,20H2,1H3,(H,25,26)/t15-,16-,19+/m1/s1. The lowest BCUT2D eigenvalue weighted by molar-refractivity contribution is -0.151. The second kappa shape index (κ2) is 7.72. The number of pyridine rings is 1. The molecule has 1 aliphatic heterocycles. The maximum atomic E-state index is 12.4. The van der Waals surface area contributed by atoms with Gasteiger partial charge in [-0.1, -0.05) is 6.92 Å². The smallest absolute Gasteiger partial charge is 0.324 e. The van der Waals surface area contributed by atoms with Crippen LogP contribution in [0.2, 0.25) is 0 Å². The van der Waals surface area contributed by atoms with Crippen LogP contribution < -0.4 is 10.6 Å². The van der Waals surface area contributed by atoms with Crippen LogP contribution in [0.5, 0.6) is 0 Å². The summed E-state index contributed by atoms with van der Waals surface area (Å²) in [5, 5.41) is 9.57. The third-order valence-electron chi connectivity index (χ3n) is 6.01. The summed E-state index contributed by atoms with van der Waals surface area (Å²) in [6.07, 6.45) is 5.57. The predicted molar refractivity (Wildman–Crippen MR) is 99.0 cm³/mol. The summed E-state index contributed by atoms with van der Waals surface area (Å²) in [5.41, 5.74) is 5.92. The molecule has 2 fully saturated rings. The quantitative estimate of drug-likeness (QED) is 0.812. The Kier molecular flexibility index (Phi) is 5.58. The minimum atomic E-state index is -1.41. The molecule has 1 aliphatic carbocycles. The number of carboxylic acid groups (broad SMARTS) is 1. The first-order chi connectivity index (χ1) is 12.5. The van der Waals surface area contributed by atoms with Gasteiger partial charge in [-0.25, -0.2) is 0 Å². The number of carbonyl (C=O) groups is 2. The Morgan fingerprint density at radius 2 is 1.92 bits per heavy atom. The summed E-state index contributed by atoms with van der Waals surface area (Å²) in [4.78, 5) is 32.9. The zero-order valence-electron chi connectivity index (χ0n) is 15.3. The lowest BCUT2D eigenvalue weighted by atomic mass is 9.68. The van der Waals surface area contributed by atoms with Gasteiger partial charge in [-0.05, 0) is 31.4 Å². The molecule has 1 aromatic heterocycles. The molecule has 0 unspecified atom stereocenters. The molecule has 0 radical (unpaired) electrons. The van der Waals surface area contributed by atoms with E-state index in [9.17, 15) is 14.7 Å². The van der Waals surface area contributed by atoms with Crippen molar-refractivity contribution in [2.75, 3.05) is 31.1 Å². The van der Waals surface area contributed by atoms with Crippen molar-refractivity contribution in [3.8, 4) is 0 Å². The molecule has 0 amide bonds. The van der Waals surface area contributed by atoms with Gasteiger partial charge in [-0.3, -0.25) is 19.5 Å². The lowest BCUT2D eigenvalue weighted by Gasteiger charge is -2.46. The van der Waals surface area contributed by atoms with Gasteiger partial charge in [0.25, 0.3) is 0 Å². The molecule has 3 atom stereocenters. The summed E-state index contributed by atoms with van der Waals surface area (Å²) in [7, 11) is 0. The average Bonchev–Trinajstić information content (AvgIpc) is 2.68. The van der Waals surface area contributed by atoms with E-state index < -0.39 is 17.4 Å². The summed E-state index contributed by atoms with van der Waals surface area (Å²) in [6.45, 7) is 5.43. The molecule has 7 heteroatoms. The van der Waals surface area contributed by atoms with Crippen LogP contribution in [0.3, 0.4) is 0 Å². The third kappa shape index (κ3) is 3.59.